The van der Waals surface area contributed by atoms with Crippen LogP contribution in [0.15, 0.2) is 41.4 Å². The van der Waals surface area contributed by atoms with Crippen LogP contribution < -0.4 is 15.5 Å². The molecule has 0 aliphatic carbocycles. The van der Waals surface area contributed by atoms with E-state index in [0.717, 1.165) is 42.0 Å². The third-order valence-corrected chi connectivity index (χ3v) is 8.65. The van der Waals surface area contributed by atoms with Gasteiger partial charge in [0.2, 0.25) is 5.95 Å². The predicted octanol–water partition coefficient (Wildman–Crippen LogP) is 5.15. The summed E-state index contributed by atoms with van der Waals surface area (Å²) in [7, 11) is 0. The number of anilines is 1. The molecule has 214 valence electrons. The minimum absolute atomic E-state index is 0.146. The first-order valence-corrected chi connectivity index (χ1v) is 14.4. The molecule has 9 nitrogen and oxygen atoms in total. The van der Waals surface area contributed by atoms with Crippen LogP contribution in [0, 0.1) is 5.92 Å². The lowest BCUT2D eigenvalue weighted by atomic mass is 9.97. The van der Waals surface area contributed by atoms with Gasteiger partial charge in [-0.05, 0) is 86.0 Å². The number of alkyl halides is 3. The van der Waals surface area contributed by atoms with Crippen molar-refractivity contribution in [1.29, 1.82) is 0 Å². The zero-order valence-electron chi connectivity index (χ0n) is 21.8. The monoisotopic (exact) mass is 602 g/mol. The Morgan fingerprint density at radius 1 is 1.17 bits per heavy atom. The van der Waals surface area contributed by atoms with Gasteiger partial charge in [-0.1, -0.05) is 0 Å². The summed E-state index contributed by atoms with van der Waals surface area (Å²) in [6.45, 7) is 3.70. The molecule has 0 atom stereocenters. The third-order valence-electron chi connectivity index (χ3n) is 6.63. The van der Waals surface area contributed by atoms with Crippen LogP contribution in [0.2, 0.25) is 0 Å². The molecule has 3 aromatic rings. The van der Waals surface area contributed by atoms with Gasteiger partial charge < -0.3 is 10.2 Å². The first-order chi connectivity index (χ1) is 19.5. The second-order valence-corrected chi connectivity index (χ2v) is 11.8. The van der Waals surface area contributed by atoms with Crippen LogP contribution in [0.5, 0.6) is 0 Å². The van der Waals surface area contributed by atoms with Crippen LogP contribution in [-0.2, 0) is 17.5 Å². The third kappa shape index (κ3) is 7.18. The summed E-state index contributed by atoms with van der Waals surface area (Å²) in [6, 6.07) is 7.57. The topological polar surface area (TPSA) is 117 Å². The molecule has 0 saturated carbocycles. The van der Waals surface area contributed by atoms with E-state index in [1.165, 1.54) is 6.92 Å². The molecular formula is C27H25F3N6O3S2. The molecule has 2 aliphatic heterocycles. The lowest BCUT2D eigenvalue weighted by Gasteiger charge is -2.32. The van der Waals surface area contributed by atoms with Crippen LogP contribution in [0.1, 0.15) is 46.4 Å². The van der Waals surface area contributed by atoms with Crippen molar-refractivity contribution in [2.45, 2.75) is 32.5 Å². The van der Waals surface area contributed by atoms with E-state index in [1.807, 2.05) is 4.90 Å². The van der Waals surface area contributed by atoms with Gasteiger partial charge in [0.25, 0.3) is 11.1 Å². The number of Topliss-reactive ketones (excluding diaryl/α,β-unsaturated/α-hetero) is 1. The van der Waals surface area contributed by atoms with Gasteiger partial charge in [-0.3, -0.25) is 19.7 Å². The molecule has 41 heavy (non-hydrogen) atoms. The number of ketones is 1. The highest BCUT2D eigenvalue weighted by atomic mass is 32.2. The molecule has 5 rings (SSSR count). The lowest BCUT2D eigenvalue weighted by Crippen LogP contribution is -2.38. The summed E-state index contributed by atoms with van der Waals surface area (Å²) < 4.78 is 40.7. The number of carbonyl (C=O) groups excluding carboxylic acids is 3. The number of carbonyl (C=O) groups is 3. The van der Waals surface area contributed by atoms with Gasteiger partial charge in [0, 0.05) is 25.8 Å². The van der Waals surface area contributed by atoms with E-state index < -0.39 is 23.0 Å². The normalized spacial score (nSPS) is 17.4. The molecule has 2 N–H and O–H groups in total. The number of thioether (sulfide) groups is 1. The van der Waals surface area contributed by atoms with E-state index in [0.29, 0.717) is 52.5 Å². The van der Waals surface area contributed by atoms with E-state index >= 15 is 0 Å². The van der Waals surface area contributed by atoms with Gasteiger partial charge in [-0.25, -0.2) is 15.0 Å². The molecule has 0 aromatic carbocycles. The molecule has 0 unspecified atom stereocenters. The van der Waals surface area contributed by atoms with Crippen LogP contribution in [0.4, 0.5) is 23.9 Å². The van der Waals surface area contributed by atoms with E-state index in [4.69, 9.17) is 0 Å². The molecule has 2 aliphatic rings. The van der Waals surface area contributed by atoms with Crippen molar-refractivity contribution in [2.24, 2.45) is 5.92 Å². The number of piperidine rings is 1. The van der Waals surface area contributed by atoms with E-state index in [1.54, 1.807) is 36.5 Å². The second-order valence-electron chi connectivity index (χ2n) is 9.66. The Kier molecular flexibility index (Phi) is 8.52. The molecule has 5 heterocycles. The van der Waals surface area contributed by atoms with Gasteiger partial charge in [-0.15, -0.1) is 11.3 Å². The van der Waals surface area contributed by atoms with Crippen LogP contribution in [-0.4, -0.2) is 51.5 Å². The number of halogens is 3. The molecule has 2 saturated heterocycles. The minimum atomic E-state index is -4.59. The fourth-order valence-electron chi connectivity index (χ4n) is 4.53. The number of imide groups is 1. The van der Waals surface area contributed by atoms with Crippen molar-refractivity contribution in [2.75, 3.05) is 24.5 Å². The predicted molar refractivity (Wildman–Crippen MR) is 150 cm³/mol. The Bertz CT molecular complexity index is 1520. The van der Waals surface area contributed by atoms with Crippen molar-refractivity contribution in [3.63, 3.8) is 0 Å². The fraction of sp³-hybridized carbons (Fsp3) is 0.333. The first kappa shape index (κ1) is 28.9. The van der Waals surface area contributed by atoms with Gasteiger partial charge in [0.15, 0.2) is 5.78 Å². The van der Waals surface area contributed by atoms with Gasteiger partial charge in [0.05, 0.1) is 26.0 Å². The maximum Gasteiger partial charge on any atom is 0.433 e. The molecule has 2 amide bonds. The highest BCUT2D eigenvalue weighted by Gasteiger charge is 2.33. The number of aromatic nitrogens is 3. The number of nitrogens with one attached hydrogen (secondary N) is 2. The summed E-state index contributed by atoms with van der Waals surface area (Å²) in [5.74, 6) is 0.262. The van der Waals surface area contributed by atoms with E-state index in [-0.39, 0.29) is 22.9 Å². The average molecular weight is 603 g/mol. The SMILES string of the molecule is CC(=O)c1ccc(-c2cc(CNCC3CCN(c4nccc(/C=C5\SC(=O)NC5=O)n4)CC3)cc(C(F)(F)F)n2)s1. The average Bonchev–Trinajstić information content (AvgIpc) is 3.55. The minimum Gasteiger partial charge on any atom is -0.341 e. The highest BCUT2D eigenvalue weighted by Crippen LogP contribution is 2.33. The number of hydrogen-bond acceptors (Lipinski definition) is 10. The largest absolute Gasteiger partial charge is 0.433 e. The van der Waals surface area contributed by atoms with E-state index in [2.05, 4.69) is 25.6 Å². The van der Waals surface area contributed by atoms with Crippen molar-refractivity contribution >= 4 is 52.1 Å². The zero-order chi connectivity index (χ0) is 29.1. The standard InChI is InChI=1S/C27H25F3N6O3S2/c1-15(37)20-2-3-21(40-20)19-10-17(11-23(34-19)27(28,29)30)14-31-13-16-5-8-36(9-6-16)25-32-7-4-18(33-25)12-22-24(38)35-26(39)41-22/h2-4,7,10-12,16,31H,5-6,8-9,13-14H2,1H3,(H,35,38,39)/b22-12-. The zero-order valence-corrected chi connectivity index (χ0v) is 23.5. The molecule has 2 fully saturated rings. The summed E-state index contributed by atoms with van der Waals surface area (Å²) in [4.78, 5) is 50.8. The maximum absolute atomic E-state index is 13.6. The molecule has 14 heteroatoms. The number of amides is 2. The van der Waals surface area contributed by atoms with Crippen LogP contribution in [0.25, 0.3) is 16.6 Å². The molecule has 3 aromatic heterocycles. The van der Waals surface area contributed by atoms with E-state index in [9.17, 15) is 27.6 Å². The summed E-state index contributed by atoms with van der Waals surface area (Å²) in [6.07, 6.45) is 0.257. The van der Waals surface area contributed by atoms with Crippen molar-refractivity contribution in [1.82, 2.24) is 25.6 Å². The number of hydrogen-bond donors (Lipinski definition) is 2. The Hall–Kier alpha value is -3.62. The van der Waals surface area contributed by atoms with Gasteiger partial charge in [-0.2, -0.15) is 13.2 Å². The molecular weight excluding hydrogens is 577 g/mol. The lowest BCUT2D eigenvalue weighted by molar-refractivity contribution is -0.141. The fourth-order valence-corrected chi connectivity index (χ4v) is 6.06. The smallest absolute Gasteiger partial charge is 0.341 e. The Labute approximate surface area is 241 Å². The Morgan fingerprint density at radius 3 is 2.61 bits per heavy atom. The molecule has 0 bridgehead atoms. The summed E-state index contributed by atoms with van der Waals surface area (Å²) >= 11 is 1.95. The number of nitrogens with zero attached hydrogens (tertiary/aromatic N) is 4. The van der Waals surface area contributed by atoms with Crippen LogP contribution in [0.3, 0.4) is 0 Å². The van der Waals surface area contributed by atoms with Crippen molar-refractivity contribution < 1.29 is 27.6 Å². The van der Waals surface area contributed by atoms with Crippen molar-refractivity contribution in [3.05, 3.63) is 63.3 Å². The Balaban J connectivity index is 1.17. The van der Waals surface area contributed by atoms with Gasteiger partial charge >= 0.3 is 6.18 Å². The van der Waals surface area contributed by atoms with Crippen LogP contribution >= 0.6 is 23.1 Å². The molecule has 0 spiro atoms. The quantitative estimate of drug-likeness (QED) is 0.267. The first-order valence-electron chi connectivity index (χ1n) is 12.8. The maximum atomic E-state index is 13.6. The van der Waals surface area contributed by atoms with Crippen molar-refractivity contribution in [3.8, 4) is 10.6 Å². The second kappa shape index (κ2) is 12.1. The summed E-state index contributed by atoms with van der Waals surface area (Å²) in [5.41, 5.74) is 0.224. The number of thiophene rings is 1. The summed E-state index contributed by atoms with van der Waals surface area (Å²) in [5, 5.41) is 5.09. The molecule has 0 radical (unpaired) electrons. The highest BCUT2D eigenvalue weighted by molar-refractivity contribution is 8.18. The number of rotatable bonds is 8. The Morgan fingerprint density at radius 2 is 1.95 bits per heavy atom. The van der Waals surface area contributed by atoms with Gasteiger partial charge in [0.1, 0.15) is 5.69 Å². The number of pyridine rings is 1.